The summed E-state index contributed by atoms with van der Waals surface area (Å²) in [6.07, 6.45) is 0. The van der Waals surface area contributed by atoms with Crippen LogP contribution in [-0.2, 0) is 11.8 Å². The first kappa shape index (κ1) is 19.3. The smallest absolute Gasteiger partial charge is 0.342 e. The van der Waals surface area contributed by atoms with Crippen LogP contribution in [0.25, 0.3) is 16.6 Å². The Morgan fingerprint density at radius 3 is 2.75 bits per heavy atom. The molecule has 0 saturated heterocycles. The number of allylic oxidation sites excluding steroid dienone is 1. The number of nitrogens with zero attached hydrogens (tertiary/aromatic N) is 3. The number of aliphatic hydroxyl groups excluding tert-OH is 1. The Hall–Kier alpha value is -3.50. The second kappa shape index (κ2) is 8.03. The molecule has 0 saturated carbocycles. The van der Waals surface area contributed by atoms with Crippen LogP contribution in [0.3, 0.4) is 0 Å². The molecule has 0 aliphatic rings. The third-order valence-electron chi connectivity index (χ3n) is 4.13. The number of rotatable bonds is 5. The SMILES string of the molecule is COc1ccc(Cl)cc1C(=O)OC/C(O)=C(\C#N)c1nc2ccccc2n1C. The van der Waals surface area contributed by atoms with E-state index in [1.54, 1.807) is 23.7 Å². The van der Waals surface area contributed by atoms with Crippen molar-refractivity contribution in [1.29, 1.82) is 5.26 Å². The Balaban J connectivity index is 1.87. The number of aryl methyl sites for hydroxylation is 1. The summed E-state index contributed by atoms with van der Waals surface area (Å²) in [5, 5.41) is 20.2. The zero-order valence-electron chi connectivity index (χ0n) is 15.1. The Labute approximate surface area is 166 Å². The van der Waals surface area contributed by atoms with E-state index in [1.807, 2.05) is 24.3 Å². The first-order valence-electron chi connectivity index (χ1n) is 8.21. The molecule has 0 aliphatic heterocycles. The minimum Gasteiger partial charge on any atom is -0.507 e. The number of carbonyl (C=O) groups is 1. The molecule has 28 heavy (non-hydrogen) atoms. The second-order valence-corrected chi connectivity index (χ2v) is 6.27. The Bertz CT molecular complexity index is 1130. The minimum atomic E-state index is -0.742. The topological polar surface area (TPSA) is 97.4 Å². The van der Waals surface area contributed by atoms with E-state index in [0.717, 1.165) is 5.52 Å². The van der Waals surface area contributed by atoms with Crippen LogP contribution in [0.4, 0.5) is 0 Å². The van der Waals surface area contributed by atoms with Crippen LogP contribution in [0, 0.1) is 11.3 Å². The molecule has 0 spiro atoms. The average Bonchev–Trinajstić information content (AvgIpc) is 3.03. The monoisotopic (exact) mass is 397 g/mol. The van der Waals surface area contributed by atoms with Crippen molar-refractivity contribution in [3.8, 4) is 11.8 Å². The van der Waals surface area contributed by atoms with Crippen LogP contribution in [-0.4, -0.2) is 34.3 Å². The third-order valence-corrected chi connectivity index (χ3v) is 4.37. The van der Waals surface area contributed by atoms with Crippen molar-refractivity contribution in [3.05, 3.63) is 64.6 Å². The number of hydrogen-bond donors (Lipinski definition) is 1. The van der Waals surface area contributed by atoms with E-state index < -0.39 is 18.3 Å². The summed E-state index contributed by atoms with van der Waals surface area (Å²) in [6, 6.07) is 13.8. The van der Waals surface area contributed by atoms with Crippen LogP contribution >= 0.6 is 11.6 Å². The fourth-order valence-corrected chi connectivity index (χ4v) is 2.91. The number of imidazole rings is 1. The van der Waals surface area contributed by atoms with Gasteiger partial charge in [-0.2, -0.15) is 5.26 Å². The first-order chi connectivity index (χ1) is 13.5. The number of fused-ring (bicyclic) bond motifs is 1. The van der Waals surface area contributed by atoms with Crippen LogP contribution < -0.4 is 4.74 Å². The lowest BCUT2D eigenvalue weighted by molar-refractivity contribution is 0.0499. The van der Waals surface area contributed by atoms with Gasteiger partial charge < -0.3 is 19.1 Å². The highest BCUT2D eigenvalue weighted by molar-refractivity contribution is 6.31. The molecule has 0 fully saturated rings. The van der Waals surface area contributed by atoms with E-state index in [0.29, 0.717) is 10.5 Å². The van der Waals surface area contributed by atoms with Gasteiger partial charge in [0.05, 0.1) is 18.1 Å². The summed E-state index contributed by atoms with van der Waals surface area (Å²) >= 11 is 5.91. The normalized spacial score (nSPS) is 11.6. The fraction of sp³-hybridized carbons (Fsp3) is 0.150. The van der Waals surface area contributed by atoms with E-state index in [4.69, 9.17) is 21.1 Å². The van der Waals surface area contributed by atoms with E-state index in [2.05, 4.69) is 4.98 Å². The lowest BCUT2D eigenvalue weighted by Crippen LogP contribution is -2.11. The summed E-state index contributed by atoms with van der Waals surface area (Å²) in [7, 11) is 3.15. The molecule has 1 N–H and O–H groups in total. The predicted octanol–water partition coefficient (Wildman–Crippen LogP) is 3.88. The number of benzene rings is 2. The minimum absolute atomic E-state index is 0.0791. The number of para-hydroxylation sites is 2. The summed E-state index contributed by atoms with van der Waals surface area (Å²) in [4.78, 5) is 16.7. The lowest BCUT2D eigenvalue weighted by Gasteiger charge is -2.10. The Kier molecular flexibility index (Phi) is 5.52. The first-order valence-corrected chi connectivity index (χ1v) is 8.58. The number of aromatic nitrogens is 2. The van der Waals surface area contributed by atoms with Crippen molar-refractivity contribution in [3.63, 3.8) is 0 Å². The van der Waals surface area contributed by atoms with Gasteiger partial charge in [-0.15, -0.1) is 0 Å². The third kappa shape index (κ3) is 3.63. The molecule has 0 bridgehead atoms. The van der Waals surface area contributed by atoms with E-state index >= 15 is 0 Å². The van der Waals surface area contributed by atoms with Gasteiger partial charge in [-0.1, -0.05) is 23.7 Å². The van der Waals surface area contributed by atoms with Gasteiger partial charge in [0.1, 0.15) is 29.6 Å². The van der Waals surface area contributed by atoms with Crippen molar-refractivity contribution in [2.45, 2.75) is 0 Å². The van der Waals surface area contributed by atoms with Crippen LogP contribution in [0.15, 0.2) is 48.2 Å². The van der Waals surface area contributed by atoms with Gasteiger partial charge in [-0.3, -0.25) is 0 Å². The number of halogens is 1. The second-order valence-electron chi connectivity index (χ2n) is 5.84. The van der Waals surface area contributed by atoms with Crippen LogP contribution in [0.1, 0.15) is 16.2 Å². The van der Waals surface area contributed by atoms with Gasteiger partial charge in [-0.25, -0.2) is 9.78 Å². The Morgan fingerprint density at radius 1 is 1.32 bits per heavy atom. The molecular formula is C20H16ClN3O4. The molecule has 0 radical (unpaired) electrons. The lowest BCUT2D eigenvalue weighted by atomic mass is 10.2. The molecule has 142 valence electrons. The molecule has 7 nitrogen and oxygen atoms in total. The van der Waals surface area contributed by atoms with Gasteiger partial charge in [-0.05, 0) is 30.3 Å². The highest BCUT2D eigenvalue weighted by Crippen LogP contribution is 2.25. The number of nitriles is 1. The molecule has 0 atom stereocenters. The quantitative estimate of drug-likeness (QED) is 0.398. The molecular weight excluding hydrogens is 382 g/mol. The molecule has 1 aromatic heterocycles. The summed E-state index contributed by atoms with van der Waals surface area (Å²) in [6.45, 7) is -0.499. The van der Waals surface area contributed by atoms with Gasteiger partial charge in [0.15, 0.2) is 11.6 Å². The van der Waals surface area contributed by atoms with Crippen LogP contribution in [0.2, 0.25) is 5.02 Å². The van der Waals surface area contributed by atoms with E-state index in [9.17, 15) is 15.2 Å². The van der Waals surface area contributed by atoms with Crippen LogP contribution in [0.5, 0.6) is 5.75 Å². The maximum absolute atomic E-state index is 12.3. The zero-order chi connectivity index (χ0) is 20.3. The van der Waals surface area contributed by atoms with Crippen molar-refractivity contribution in [2.75, 3.05) is 13.7 Å². The summed E-state index contributed by atoms with van der Waals surface area (Å²) in [5.41, 5.74) is 1.52. The van der Waals surface area contributed by atoms with Crippen molar-refractivity contribution in [2.24, 2.45) is 7.05 Å². The van der Waals surface area contributed by atoms with Gasteiger partial charge in [0.2, 0.25) is 0 Å². The van der Waals surface area contributed by atoms with Gasteiger partial charge >= 0.3 is 5.97 Å². The maximum atomic E-state index is 12.3. The Morgan fingerprint density at radius 2 is 2.07 bits per heavy atom. The molecule has 0 aliphatic carbocycles. The van der Waals surface area contributed by atoms with Crippen molar-refractivity contribution < 1.29 is 19.4 Å². The fourth-order valence-electron chi connectivity index (χ4n) is 2.74. The van der Waals surface area contributed by atoms with Gasteiger partial charge in [0.25, 0.3) is 0 Å². The number of carbonyl (C=O) groups excluding carboxylic acids is 1. The van der Waals surface area contributed by atoms with E-state index in [-0.39, 0.29) is 22.7 Å². The summed E-state index contributed by atoms with van der Waals surface area (Å²) in [5.74, 6) is -0.588. The highest BCUT2D eigenvalue weighted by Gasteiger charge is 2.19. The largest absolute Gasteiger partial charge is 0.507 e. The number of methoxy groups -OCH3 is 1. The molecule has 8 heteroatoms. The molecule has 1 heterocycles. The van der Waals surface area contributed by atoms with Gasteiger partial charge in [0, 0.05) is 12.1 Å². The predicted molar refractivity (Wildman–Crippen MR) is 104 cm³/mol. The number of ether oxygens (including phenoxy) is 2. The average molecular weight is 398 g/mol. The zero-order valence-corrected chi connectivity index (χ0v) is 15.9. The number of esters is 1. The molecule has 0 unspecified atom stereocenters. The van der Waals surface area contributed by atoms with Crippen molar-refractivity contribution in [1.82, 2.24) is 9.55 Å². The maximum Gasteiger partial charge on any atom is 0.342 e. The molecule has 2 aromatic carbocycles. The summed E-state index contributed by atoms with van der Waals surface area (Å²) < 4.78 is 11.9. The standard InChI is InChI=1S/C20H16ClN3O4/c1-24-16-6-4-3-5-15(16)23-19(24)14(10-22)17(25)11-28-20(26)13-9-12(21)7-8-18(13)27-2/h3-9,25H,11H2,1-2H3/b17-14-. The van der Waals surface area contributed by atoms with E-state index in [1.165, 1.54) is 19.2 Å². The molecule has 3 aromatic rings. The van der Waals surface area contributed by atoms with Crippen molar-refractivity contribution >= 4 is 34.2 Å². The number of aliphatic hydroxyl groups is 1. The molecule has 0 amide bonds. The highest BCUT2D eigenvalue weighted by atomic mass is 35.5. The molecule has 3 rings (SSSR count). The number of hydrogen-bond acceptors (Lipinski definition) is 6.